The second kappa shape index (κ2) is 9.69. The molecule has 1 aliphatic rings. The molecule has 0 saturated carbocycles. The van der Waals surface area contributed by atoms with E-state index in [9.17, 15) is 0 Å². The monoisotopic (exact) mass is 525 g/mol. The minimum atomic E-state index is -0.196. The zero-order valence-corrected chi connectivity index (χ0v) is 22.4. The molecule has 1 heterocycles. The van der Waals surface area contributed by atoms with Crippen molar-refractivity contribution >= 4 is 27.2 Å². The average Bonchev–Trinajstić information content (AvgIpc) is 3.50. The lowest BCUT2D eigenvalue weighted by atomic mass is 9.94. The van der Waals surface area contributed by atoms with Crippen LogP contribution in [0.4, 0.5) is 5.69 Å². The van der Waals surface area contributed by atoms with Crippen molar-refractivity contribution in [2.75, 3.05) is 5.32 Å². The van der Waals surface area contributed by atoms with Crippen molar-refractivity contribution in [1.82, 2.24) is 0 Å². The van der Waals surface area contributed by atoms with Gasteiger partial charge in [-0.05, 0) is 73.8 Å². The molecule has 2 heteroatoms. The molecule has 1 unspecified atom stereocenters. The van der Waals surface area contributed by atoms with Gasteiger partial charge in [0.05, 0.1) is 5.69 Å². The summed E-state index contributed by atoms with van der Waals surface area (Å²) >= 11 is 0. The minimum absolute atomic E-state index is 0.196. The van der Waals surface area contributed by atoms with Gasteiger partial charge >= 0.3 is 0 Å². The summed E-state index contributed by atoms with van der Waals surface area (Å²) in [6.45, 7) is 0. The Balaban J connectivity index is 1.21. The summed E-state index contributed by atoms with van der Waals surface area (Å²) in [6, 6.07) is 54.0. The highest BCUT2D eigenvalue weighted by atomic mass is 16.5. The van der Waals surface area contributed by atoms with E-state index in [-0.39, 0.29) is 6.23 Å². The summed E-state index contributed by atoms with van der Waals surface area (Å²) in [7, 11) is 0. The Hall–Kier alpha value is -5.34. The van der Waals surface area contributed by atoms with Crippen LogP contribution < -0.4 is 10.1 Å². The molecule has 0 saturated heterocycles. The van der Waals surface area contributed by atoms with Crippen LogP contribution in [-0.2, 0) is 0 Å². The molecule has 1 N–H and O–H groups in total. The molecule has 1 atom stereocenters. The van der Waals surface area contributed by atoms with Gasteiger partial charge in [-0.15, -0.1) is 0 Å². The smallest absolute Gasteiger partial charge is 0.196 e. The van der Waals surface area contributed by atoms with Crippen LogP contribution in [0.25, 0.3) is 54.9 Å². The third-order valence-electron chi connectivity index (χ3n) is 8.08. The van der Waals surface area contributed by atoms with Crippen LogP contribution in [-0.4, -0.2) is 0 Å². The molecule has 0 fully saturated rings. The van der Waals surface area contributed by atoms with Crippen LogP contribution in [0.3, 0.4) is 0 Å². The van der Waals surface area contributed by atoms with Crippen LogP contribution in [0.5, 0.6) is 5.75 Å². The van der Waals surface area contributed by atoms with E-state index in [1.807, 2.05) is 6.07 Å². The molecule has 0 aromatic heterocycles. The lowest BCUT2D eigenvalue weighted by Gasteiger charge is -2.13. The molecule has 0 bridgehead atoms. The van der Waals surface area contributed by atoms with Crippen LogP contribution in [0.1, 0.15) is 11.8 Å². The fourth-order valence-electron chi connectivity index (χ4n) is 5.98. The van der Waals surface area contributed by atoms with E-state index in [0.717, 1.165) is 22.4 Å². The summed E-state index contributed by atoms with van der Waals surface area (Å²) in [5.41, 5.74) is 9.40. The van der Waals surface area contributed by atoms with Crippen molar-refractivity contribution in [3.05, 3.63) is 157 Å². The van der Waals surface area contributed by atoms with Crippen molar-refractivity contribution in [2.24, 2.45) is 0 Å². The molecular weight excluding hydrogens is 498 g/mol. The number of nitrogens with one attached hydrogen (secondary N) is 1. The van der Waals surface area contributed by atoms with E-state index in [2.05, 4.69) is 151 Å². The van der Waals surface area contributed by atoms with Crippen LogP contribution in [0.2, 0.25) is 0 Å². The maximum Gasteiger partial charge on any atom is 0.196 e. The van der Waals surface area contributed by atoms with Gasteiger partial charge in [-0.1, -0.05) is 127 Å². The van der Waals surface area contributed by atoms with Crippen molar-refractivity contribution in [3.8, 4) is 39.1 Å². The van der Waals surface area contributed by atoms with Gasteiger partial charge in [-0.25, -0.2) is 0 Å². The molecule has 1 aliphatic heterocycles. The minimum Gasteiger partial charge on any atom is -0.464 e. The number of ether oxygens (including phenoxy) is 1. The van der Waals surface area contributed by atoms with E-state index in [1.165, 1.54) is 49.5 Å². The van der Waals surface area contributed by atoms with E-state index < -0.39 is 0 Å². The molecule has 194 valence electrons. The second-order valence-electron chi connectivity index (χ2n) is 10.6. The van der Waals surface area contributed by atoms with Crippen LogP contribution >= 0.6 is 0 Å². The van der Waals surface area contributed by atoms with Crippen molar-refractivity contribution in [3.63, 3.8) is 0 Å². The Bertz CT molecular complexity index is 2050. The van der Waals surface area contributed by atoms with Gasteiger partial charge in [0.2, 0.25) is 0 Å². The van der Waals surface area contributed by atoms with Gasteiger partial charge in [-0.2, -0.15) is 0 Å². The highest BCUT2D eigenvalue weighted by Crippen LogP contribution is 2.46. The summed E-state index contributed by atoms with van der Waals surface area (Å²) in [5, 5.41) is 8.30. The van der Waals surface area contributed by atoms with Crippen molar-refractivity contribution < 1.29 is 4.74 Å². The zero-order chi connectivity index (χ0) is 27.2. The fourth-order valence-corrected chi connectivity index (χ4v) is 5.98. The quantitative estimate of drug-likeness (QED) is 0.231. The SMILES string of the molecule is c1ccc(-c2cccc(-c3cccc(-c4ccc5ccc6ccc7c(c6c5c4)OC(c4ccccc4)N7)c3)c2)cc1. The molecule has 0 radical (unpaired) electrons. The molecular formula is C39H27NO. The molecule has 0 amide bonds. The summed E-state index contributed by atoms with van der Waals surface area (Å²) < 4.78 is 6.57. The first kappa shape index (κ1) is 23.5. The molecule has 2 nitrogen and oxygen atoms in total. The fraction of sp³-hybridized carbons (Fsp3) is 0.0256. The zero-order valence-electron chi connectivity index (χ0n) is 22.4. The number of hydrogen-bond donors (Lipinski definition) is 1. The largest absolute Gasteiger partial charge is 0.464 e. The number of rotatable bonds is 4. The van der Waals surface area contributed by atoms with Gasteiger partial charge in [0.15, 0.2) is 12.0 Å². The lowest BCUT2D eigenvalue weighted by Crippen LogP contribution is -2.09. The van der Waals surface area contributed by atoms with Crippen LogP contribution in [0.15, 0.2) is 152 Å². The van der Waals surface area contributed by atoms with E-state index in [0.29, 0.717) is 0 Å². The normalized spacial score (nSPS) is 14.0. The first-order valence-corrected chi connectivity index (χ1v) is 14.0. The topological polar surface area (TPSA) is 21.3 Å². The standard InChI is InChI=1S/C39H27NO/c1-3-9-26(10-4-1)30-13-7-14-31(23-30)32-15-8-16-33(24-32)34-20-18-27-17-19-28-21-22-36-38(37(28)35(27)25-34)41-39(40-36)29-11-5-2-6-12-29/h1-25,39-40H. The molecule has 8 rings (SSSR count). The number of hydrogen-bond acceptors (Lipinski definition) is 2. The molecule has 0 spiro atoms. The third kappa shape index (κ3) is 4.21. The van der Waals surface area contributed by atoms with E-state index in [4.69, 9.17) is 4.74 Å². The summed E-state index contributed by atoms with van der Waals surface area (Å²) in [4.78, 5) is 0. The van der Waals surface area contributed by atoms with Crippen molar-refractivity contribution in [1.29, 1.82) is 0 Å². The predicted molar refractivity (Wildman–Crippen MR) is 171 cm³/mol. The summed E-state index contributed by atoms with van der Waals surface area (Å²) in [6.07, 6.45) is -0.196. The van der Waals surface area contributed by atoms with Gasteiger partial charge in [0.25, 0.3) is 0 Å². The Morgan fingerprint density at radius 3 is 1.68 bits per heavy atom. The maximum absolute atomic E-state index is 6.57. The molecule has 41 heavy (non-hydrogen) atoms. The average molecular weight is 526 g/mol. The van der Waals surface area contributed by atoms with E-state index >= 15 is 0 Å². The van der Waals surface area contributed by atoms with Gasteiger partial charge in [0.1, 0.15) is 0 Å². The first-order chi connectivity index (χ1) is 20.3. The molecule has 7 aromatic carbocycles. The Morgan fingerprint density at radius 2 is 0.976 bits per heavy atom. The highest BCUT2D eigenvalue weighted by Gasteiger charge is 2.26. The van der Waals surface area contributed by atoms with Gasteiger partial charge < -0.3 is 10.1 Å². The summed E-state index contributed by atoms with van der Waals surface area (Å²) in [5.74, 6) is 0.922. The highest BCUT2D eigenvalue weighted by molar-refractivity contribution is 6.13. The van der Waals surface area contributed by atoms with E-state index in [1.54, 1.807) is 0 Å². The number of benzene rings is 7. The first-order valence-electron chi connectivity index (χ1n) is 14.0. The molecule has 0 aliphatic carbocycles. The van der Waals surface area contributed by atoms with Gasteiger partial charge in [-0.3, -0.25) is 0 Å². The molecule has 7 aromatic rings. The maximum atomic E-state index is 6.57. The number of anilines is 1. The lowest BCUT2D eigenvalue weighted by molar-refractivity contribution is 0.263. The third-order valence-corrected chi connectivity index (χ3v) is 8.08. The van der Waals surface area contributed by atoms with Crippen LogP contribution in [0, 0.1) is 0 Å². The number of fused-ring (bicyclic) bond motifs is 5. The Labute approximate surface area is 239 Å². The predicted octanol–water partition coefficient (Wildman–Crippen LogP) is 10.5. The second-order valence-corrected chi connectivity index (χ2v) is 10.6. The Kier molecular flexibility index (Phi) is 5.56. The van der Waals surface area contributed by atoms with Crippen molar-refractivity contribution in [2.45, 2.75) is 6.23 Å². The van der Waals surface area contributed by atoms with Gasteiger partial charge in [0, 0.05) is 10.9 Å². The Morgan fingerprint density at radius 1 is 0.439 bits per heavy atom.